The van der Waals surface area contributed by atoms with Gasteiger partial charge in [0.15, 0.2) is 0 Å². The van der Waals surface area contributed by atoms with Crippen LogP contribution in [0.3, 0.4) is 0 Å². The van der Waals surface area contributed by atoms with Gasteiger partial charge in [-0.15, -0.1) is 0 Å². The van der Waals surface area contributed by atoms with Crippen LogP contribution in [-0.2, 0) is 10.5 Å². The third-order valence-electron chi connectivity index (χ3n) is 5.02. The zero-order chi connectivity index (χ0) is 19.8. The number of nitrogens with one attached hydrogen (secondary N) is 1. The Morgan fingerprint density at radius 2 is 1.96 bits per heavy atom. The molecule has 28 heavy (non-hydrogen) atoms. The van der Waals surface area contributed by atoms with Gasteiger partial charge in [-0.2, -0.15) is 11.8 Å². The Bertz CT molecular complexity index is 816. The van der Waals surface area contributed by atoms with Crippen molar-refractivity contribution in [3.63, 3.8) is 0 Å². The summed E-state index contributed by atoms with van der Waals surface area (Å²) in [6.45, 7) is 4.27. The molecular formula is C23H28N2O2S. The van der Waals surface area contributed by atoms with E-state index in [4.69, 9.17) is 0 Å². The molecule has 0 aliphatic carbocycles. The zero-order valence-corrected chi connectivity index (χ0v) is 17.3. The van der Waals surface area contributed by atoms with Crippen LogP contribution in [0.2, 0.25) is 0 Å². The number of thioether (sulfide) groups is 1. The van der Waals surface area contributed by atoms with Crippen molar-refractivity contribution in [1.82, 2.24) is 0 Å². The van der Waals surface area contributed by atoms with Gasteiger partial charge in [0.2, 0.25) is 0 Å². The number of nitrogens with zero attached hydrogens (tertiary/aromatic N) is 1. The van der Waals surface area contributed by atoms with Crippen molar-refractivity contribution >= 4 is 35.3 Å². The quantitative estimate of drug-likeness (QED) is 0.500. The number of aldehydes is 1. The molecule has 0 radical (unpaired) electrons. The van der Waals surface area contributed by atoms with Gasteiger partial charge < -0.3 is 15.0 Å². The molecule has 1 aliphatic rings. The number of amides is 1. The number of carbonyl (C=O) groups is 2. The van der Waals surface area contributed by atoms with E-state index in [-0.39, 0.29) is 5.91 Å². The lowest BCUT2D eigenvalue weighted by Gasteiger charge is -2.29. The minimum absolute atomic E-state index is 0.0893. The minimum Gasteiger partial charge on any atom is -0.372 e. The van der Waals surface area contributed by atoms with E-state index in [1.165, 1.54) is 24.9 Å². The number of rotatable bonds is 8. The van der Waals surface area contributed by atoms with E-state index < -0.39 is 0 Å². The topological polar surface area (TPSA) is 49.4 Å². The fraction of sp³-hybridized carbons (Fsp3) is 0.391. The Balaban J connectivity index is 1.63. The standard InChI is InChI=1S/C23H28N2O2S/c1-18-15-21(25-11-3-2-4-12-25)9-10-22(18)24-23(27)20-8-5-7-19(16-20)17-28-14-6-13-26/h5,7-10,13,15-16H,2-4,6,11-12,14,17H2,1H3,(H,24,27). The number of hydrogen-bond acceptors (Lipinski definition) is 4. The smallest absolute Gasteiger partial charge is 0.255 e. The summed E-state index contributed by atoms with van der Waals surface area (Å²) in [7, 11) is 0. The molecule has 148 valence electrons. The van der Waals surface area contributed by atoms with Gasteiger partial charge in [0.25, 0.3) is 5.91 Å². The second-order valence-electron chi connectivity index (χ2n) is 7.21. The summed E-state index contributed by atoms with van der Waals surface area (Å²) < 4.78 is 0. The molecular weight excluding hydrogens is 368 g/mol. The lowest BCUT2D eigenvalue weighted by Crippen LogP contribution is -2.29. The van der Waals surface area contributed by atoms with Crippen LogP contribution in [0.5, 0.6) is 0 Å². The van der Waals surface area contributed by atoms with Crippen molar-refractivity contribution in [3.05, 3.63) is 59.2 Å². The third kappa shape index (κ3) is 5.61. The molecule has 1 saturated heterocycles. The maximum atomic E-state index is 12.7. The summed E-state index contributed by atoms with van der Waals surface area (Å²) in [5, 5.41) is 3.05. The largest absolute Gasteiger partial charge is 0.372 e. The summed E-state index contributed by atoms with van der Waals surface area (Å²) >= 11 is 1.71. The van der Waals surface area contributed by atoms with E-state index in [0.29, 0.717) is 12.0 Å². The molecule has 0 aromatic heterocycles. The minimum atomic E-state index is -0.0893. The molecule has 0 unspecified atom stereocenters. The Morgan fingerprint density at radius 1 is 1.14 bits per heavy atom. The molecule has 2 aromatic carbocycles. The number of aryl methyl sites for hydroxylation is 1. The molecule has 4 nitrogen and oxygen atoms in total. The summed E-state index contributed by atoms with van der Waals surface area (Å²) in [6, 6.07) is 14.0. The summed E-state index contributed by atoms with van der Waals surface area (Å²) in [4.78, 5) is 25.5. The average molecular weight is 397 g/mol. The normalized spacial score (nSPS) is 14.0. The number of hydrogen-bond donors (Lipinski definition) is 1. The van der Waals surface area contributed by atoms with E-state index >= 15 is 0 Å². The predicted molar refractivity (Wildman–Crippen MR) is 118 cm³/mol. The second kappa shape index (κ2) is 10.3. The summed E-state index contributed by atoms with van der Waals surface area (Å²) in [6.07, 6.45) is 5.33. The SMILES string of the molecule is Cc1cc(N2CCCCC2)ccc1NC(=O)c1cccc(CSCCC=O)c1. The Morgan fingerprint density at radius 3 is 2.71 bits per heavy atom. The van der Waals surface area contributed by atoms with Crippen LogP contribution in [-0.4, -0.2) is 31.0 Å². The highest BCUT2D eigenvalue weighted by Crippen LogP contribution is 2.26. The summed E-state index contributed by atoms with van der Waals surface area (Å²) in [5.74, 6) is 1.52. The number of carbonyl (C=O) groups excluding carboxylic acids is 2. The number of piperidine rings is 1. The molecule has 1 heterocycles. The first-order valence-electron chi connectivity index (χ1n) is 9.94. The summed E-state index contributed by atoms with van der Waals surface area (Å²) in [5.41, 5.74) is 4.94. The van der Waals surface area contributed by atoms with Crippen molar-refractivity contribution < 1.29 is 9.59 Å². The Labute approximate surface area is 171 Å². The van der Waals surface area contributed by atoms with Gasteiger partial charge in [0.05, 0.1) is 0 Å². The van der Waals surface area contributed by atoms with Gasteiger partial charge >= 0.3 is 0 Å². The number of anilines is 2. The first kappa shape index (κ1) is 20.5. The monoisotopic (exact) mass is 396 g/mol. The van der Waals surface area contributed by atoms with Crippen LogP contribution >= 0.6 is 11.8 Å². The Hall–Kier alpha value is -2.27. The van der Waals surface area contributed by atoms with Crippen LogP contribution in [0.25, 0.3) is 0 Å². The highest BCUT2D eigenvalue weighted by Gasteiger charge is 2.13. The van der Waals surface area contributed by atoms with Crippen LogP contribution < -0.4 is 10.2 Å². The van der Waals surface area contributed by atoms with Gasteiger partial charge in [-0.3, -0.25) is 4.79 Å². The molecule has 1 aliphatic heterocycles. The Kier molecular flexibility index (Phi) is 7.54. The molecule has 0 bridgehead atoms. The predicted octanol–water partition coefficient (Wildman–Crippen LogP) is 5.06. The molecule has 1 N–H and O–H groups in total. The molecule has 0 spiro atoms. The van der Waals surface area contributed by atoms with Gasteiger partial charge in [-0.05, 0) is 67.6 Å². The van der Waals surface area contributed by atoms with E-state index in [1.54, 1.807) is 11.8 Å². The van der Waals surface area contributed by atoms with Crippen molar-refractivity contribution in [2.75, 3.05) is 29.1 Å². The molecule has 1 fully saturated rings. The lowest BCUT2D eigenvalue weighted by molar-refractivity contribution is -0.107. The lowest BCUT2D eigenvalue weighted by atomic mass is 10.1. The molecule has 0 atom stereocenters. The zero-order valence-electron chi connectivity index (χ0n) is 16.4. The molecule has 5 heteroatoms. The van der Waals surface area contributed by atoms with Gasteiger partial charge in [0.1, 0.15) is 6.29 Å². The molecule has 3 rings (SSSR count). The first-order chi connectivity index (χ1) is 13.7. The highest BCUT2D eigenvalue weighted by atomic mass is 32.2. The van der Waals surface area contributed by atoms with E-state index in [1.807, 2.05) is 37.3 Å². The maximum absolute atomic E-state index is 12.7. The molecule has 1 amide bonds. The van der Waals surface area contributed by atoms with Crippen LogP contribution in [0.15, 0.2) is 42.5 Å². The van der Waals surface area contributed by atoms with E-state index in [0.717, 1.165) is 47.7 Å². The van der Waals surface area contributed by atoms with Crippen molar-refractivity contribution in [2.45, 2.75) is 38.4 Å². The van der Waals surface area contributed by atoms with E-state index in [2.05, 4.69) is 22.3 Å². The highest BCUT2D eigenvalue weighted by molar-refractivity contribution is 7.98. The van der Waals surface area contributed by atoms with Gasteiger partial charge in [-0.1, -0.05) is 12.1 Å². The fourth-order valence-electron chi connectivity index (χ4n) is 3.46. The van der Waals surface area contributed by atoms with Crippen LogP contribution in [0, 0.1) is 6.92 Å². The number of benzene rings is 2. The third-order valence-corrected chi connectivity index (χ3v) is 6.08. The average Bonchev–Trinajstić information content (AvgIpc) is 2.73. The van der Waals surface area contributed by atoms with Crippen LogP contribution in [0.1, 0.15) is 47.2 Å². The second-order valence-corrected chi connectivity index (χ2v) is 8.31. The molecule has 2 aromatic rings. The van der Waals surface area contributed by atoms with Crippen molar-refractivity contribution in [1.29, 1.82) is 0 Å². The van der Waals surface area contributed by atoms with Crippen molar-refractivity contribution in [3.8, 4) is 0 Å². The van der Waals surface area contributed by atoms with Crippen LogP contribution in [0.4, 0.5) is 11.4 Å². The fourth-order valence-corrected chi connectivity index (χ4v) is 4.28. The maximum Gasteiger partial charge on any atom is 0.255 e. The molecule has 0 saturated carbocycles. The van der Waals surface area contributed by atoms with Gasteiger partial charge in [-0.25, -0.2) is 0 Å². The van der Waals surface area contributed by atoms with Gasteiger partial charge in [0, 0.05) is 48.0 Å². The first-order valence-corrected chi connectivity index (χ1v) is 11.1. The van der Waals surface area contributed by atoms with Crippen molar-refractivity contribution in [2.24, 2.45) is 0 Å². The van der Waals surface area contributed by atoms with E-state index in [9.17, 15) is 9.59 Å².